The molecule has 0 spiro atoms. The third-order valence-corrected chi connectivity index (χ3v) is 4.91. The van der Waals surface area contributed by atoms with Gasteiger partial charge in [0.05, 0.1) is 7.11 Å². The zero-order valence-corrected chi connectivity index (χ0v) is 12.9. The summed E-state index contributed by atoms with van der Waals surface area (Å²) in [6.45, 7) is 3.30. The van der Waals surface area contributed by atoms with Crippen LogP contribution < -0.4 is 4.74 Å². The number of nitrogens with zero attached hydrogens (tertiary/aromatic N) is 1. The monoisotopic (exact) mass is 297 g/mol. The van der Waals surface area contributed by atoms with Gasteiger partial charge in [-0.1, -0.05) is 11.8 Å². The molecular weight excluding hydrogens is 278 g/mol. The predicted octanol–water partition coefficient (Wildman–Crippen LogP) is 1.07. The maximum atomic E-state index is 12.5. The Labute approximate surface area is 120 Å². The Balaban J connectivity index is 3.41. The first kappa shape index (κ1) is 16.5. The fourth-order valence-electron chi connectivity index (χ4n) is 1.53. The number of hydrogen-bond acceptors (Lipinski definition) is 4. The molecule has 0 aliphatic carbocycles. The Morgan fingerprint density at radius 2 is 2.05 bits per heavy atom. The largest absolute Gasteiger partial charge is 0.495 e. The lowest BCUT2D eigenvalue weighted by atomic mass is 10.2. The number of ether oxygens (including phenoxy) is 1. The normalized spacial score (nSPS) is 11.3. The van der Waals surface area contributed by atoms with Crippen LogP contribution in [0.4, 0.5) is 0 Å². The summed E-state index contributed by atoms with van der Waals surface area (Å²) < 4.78 is 31.4. The van der Waals surface area contributed by atoms with Gasteiger partial charge in [-0.15, -0.1) is 0 Å². The molecule has 0 atom stereocenters. The van der Waals surface area contributed by atoms with E-state index in [0.29, 0.717) is 5.56 Å². The van der Waals surface area contributed by atoms with Crippen LogP contribution in [0, 0.1) is 11.8 Å². The maximum absolute atomic E-state index is 12.5. The summed E-state index contributed by atoms with van der Waals surface area (Å²) in [6, 6.07) is 4.49. The van der Waals surface area contributed by atoms with Crippen molar-refractivity contribution in [3.05, 3.63) is 23.8 Å². The SMILES string of the molecule is COc1ccc(C#CCO)cc1S(=O)(=O)N(C)C(C)C. The Hall–Kier alpha value is -1.55. The van der Waals surface area contributed by atoms with Crippen LogP contribution in [-0.2, 0) is 10.0 Å². The molecule has 0 aromatic heterocycles. The molecule has 0 unspecified atom stereocenters. The molecule has 0 fully saturated rings. The number of sulfonamides is 1. The summed E-state index contributed by atoms with van der Waals surface area (Å²) >= 11 is 0. The molecular formula is C14H19NO4S. The number of benzene rings is 1. The third kappa shape index (κ3) is 3.51. The number of aliphatic hydroxyl groups excluding tert-OH is 1. The van der Waals surface area contributed by atoms with Crippen LogP contribution in [0.1, 0.15) is 19.4 Å². The van der Waals surface area contributed by atoms with Gasteiger partial charge in [0.25, 0.3) is 0 Å². The summed E-state index contributed by atoms with van der Waals surface area (Å²) in [4.78, 5) is 0.0703. The highest BCUT2D eigenvalue weighted by atomic mass is 32.2. The van der Waals surface area contributed by atoms with Crippen molar-refractivity contribution in [3.8, 4) is 17.6 Å². The average molecular weight is 297 g/mol. The van der Waals surface area contributed by atoms with Gasteiger partial charge in [-0.2, -0.15) is 4.31 Å². The van der Waals surface area contributed by atoms with Crippen molar-refractivity contribution >= 4 is 10.0 Å². The maximum Gasteiger partial charge on any atom is 0.246 e. The van der Waals surface area contributed by atoms with Gasteiger partial charge in [-0.05, 0) is 32.0 Å². The second-order valence-electron chi connectivity index (χ2n) is 4.44. The molecule has 0 amide bonds. The Kier molecular flexibility index (Phi) is 5.57. The molecule has 0 saturated carbocycles. The lowest BCUT2D eigenvalue weighted by Crippen LogP contribution is -2.33. The summed E-state index contributed by atoms with van der Waals surface area (Å²) in [6.07, 6.45) is 0. The van der Waals surface area contributed by atoms with Crippen molar-refractivity contribution < 1.29 is 18.3 Å². The van der Waals surface area contributed by atoms with Crippen molar-refractivity contribution in [3.63, 3.8) is 0 Å². The van der Waals surface area contributed by atoms with Crippen molar-refractivity contribution in [2.24, 2.45) is 0 Å². The van der Waals surface area contributed by atoms with E-state index in [9.17, 15) is 8.42 Å². The van der Waals surface area contributed by atoms with Crippen LogP contribution in [0.25, 0.3) is 0 Å². The van der Waals surface area contributed by atoms with Crippen LogP contribution in [-0.4, -0.2) is 44.6 Å². The first-order valence-electron chi connectivity index (χ1n) is 6.10. The van der Waals surface area contributed by atoms with Crippen molar-refractivity contribution in [2.45, 2.75) is 24.8 Å². The molecule has 1 aromatic carbocycles. The molecule has 0 aliphatic heterocycles. The fourth-order valence-corrected chi connectivity index (χ4v) is 3.08. The standard InChI is InChI=1S/C14H19NO4S/c1-11(2)15(3)20(17,18)14-10-12(6-5-9-16)7-8-13(14)19-4/h7-8,10-11,16H,9H2,1-4H3. The number of aliphatic hydroxyl groups is 1. The van der Waals surface area contributed by atoms with Gasteiger partial charge in [0.1, 0.15) is 17.3 Å². The van der Waals surface area contributed by atoms with Gasteiger partial charge in [-0.25, -0.2) is 8.42 Å². The lowest BCUT2D eigenvalue weighted by Gasteiger charge is -2.22. The molecule has 0 aliphatic rings. The van der Waals surface area contributed by atoms with Crippen molar-refractivity contribution in [2.75, 3.05) is 20.8 Å². The second-order valence-corrected chi connectivity index (χ2v) is 6.41. The molecule has 1 aromatic rings. The fraction of sp³-hybridized carbons (Fsp3) is 0.429. The van der Waals surface area contributed by atoms with Gasteiger partial charge in [0, 0.05) is 18.7 Å². The van der Waals surface area contributed by atoms with Crippen LogP contribution in [0.3, 0.4) is 0 Å². The minimum atomic E-state index is -3.65. The van der Waals surface area contributed by atoms with E-state index in [1.54, 1.807) is 26.0 Å². The van der Waals surface area contributed by atoms with Crippen molar-refractivity contribution in [1.82, 2.24) is 4.31 Å². The van der Waals surface area contributed by atoms with Crippen molar-refractivity contribution in [1.29, 1.82) is 0 Å². The first-order valence-corrected chi connectivity index (χ1v) is 7.54. The van der Waals surface area contributed by atoms with Gasteiger partial charge in [0.2, 0.25) is 10.0 Å². The van der Waals surface area contributed by atoms with E-state index in [1.807, 2.05) is 0 Å². The minimum Gasteiger partial charge on any atom is -0.495 e. The molecule has 0 heterocycles. The summed E-state index contributed by atoms with van der Waals surface area (Å²) in [5.41, 5.74) is 0.510. The number of methoxy groups -OCH3 is 1. The molecule has 1 rings (SSSR count). The topological polar surface area (TPSA) is 66.8 Å². The molecule has 20 heavy (non-hydrogen) atoms. The molecule has 0 bridgehead atoms. The molecule has 0 saturated heterocycles. The highest BCUT2D eigenvalue weighted by molar-refractivity contribution is 7.89. The molecule has 6 heteroatoms. The van der Waals surface area contributed by atoms with E-state index in [0.717, 1.165) is 0 Å². The molecule has 0 radical (unpaired) electrons. The van der Waals surface area contributed by atoms with Crippen LogP contribution in [0.5, 0.6) is 5.75 Å². The third-order valence-electron chi connectivity index (χ3n) is 2.86. The van der Waals surface area contributed by atoms with E-state index in [4.69, 9.17) is 9.84 Å². The zero-order valence-electron chi connectivity index (χ0n) is 12.0. The van der Waals surface area contributed by atoms with Crippen LogP contribution in [0.2, 0.25) is 0 Å². The Morgan fingerprint density at radius 3 is 2.55 bits per heavy atom. The molecule has 110 valence electrons. The van der Waals surface area contributed by atoms with Gasteiger partial charge >= 0.3 is 0 Å². The number of hydrogen-bond donors (Lipinski definition) is 1. The highest BCUT2D eigenvalue weighted by Crippen LogP contribution is 2.27. The quantitative estimate of drug-likeness (QED) is 0.844. The predicted molar refractivity (Wildman–Crippen MR) is 77.0 cm³/mol. The Bertz CT molecular complexity index is 626. The zero-order chi connectivity index (χ0) is 15.3. The Morgan fingerprint density at radius 1 is 1.40 bits per heavy atom. The summed E-state index contributed by atoms with van der Waals surface area (Å²) in [5, 5.41) is 8.69. The average Bonchev–Trinajstić information content (AvgIpc) is 2.43. The minimum absolute atomic E-state index is 0.0703. The number of rotatable bonds is 4. The van der Waals surface area contributed by atoms with Gasteiger partial charge in [0.15, 0.2) is 0 Å². The van der Waals surface area contributed by atoms with E-state index >= 15 is 0 Å². The first-order chi connectivity index (χ1) is 9.34. The lowest BCUT2D eigenvalue weighted by molar-refractivity contribution is 0.350. The van der Waals surface area contributed by atoms with Crippen LogP contribution >= 0.6 is 0 Å². The van der Waals surface area contributed by atoms with E-state index in [-0.39, 0.29) is 23.3 Å². The van der Waals surface area contributed by atoms with Gasteiger partial charge < -0.3 is 9.84 Å². The highest BCUT2D eigenvalue weighted by Gasteiger charge is 2.26. The van der Waals surface area contributed by atoms with E-state index in [2.05, 4.69) is 11.8 Å². The summed E-state index contributed by atoms with van der Waals surface area (Å²) in [7, 11) is -0.712. The molecule has 5 nitrogen and oxygen atoms in total. The van der Waals surface area contributed by atoms with Gasteiger partial charge in [-0.3, -0.25) is 0 Å². The van der Waals surface area contributed by atoms with E-state index in [1.165, 1.54) is 24.5 Å². The van der Waals surface area contributed by atoms with E-state index < -0.39 is 10.0 Å². The van der Waals surface area contributed by atoms with Crippen LogP contribution in [0.15, 0.2) is 23.1 Å². The molecule has 1 N–H and O–H groups in total. The smallest absolute Gasteiger partial charge is 0.246 e. The summed E-state index contributed by atoms with van der Waals surface area (Å²) in [5.74, 6) is 5.45. The second kappa shape index (κ2) is 6.75.